The Bertz CT molecular complexity index is 1130. The van der Waals surface area contributed by atoms with Crippen LogP contribution in [0.25, 0.3) is 0 Å². The van der Waals surface area contributed by atoms with E-state index in [0.29, 0.717) is 5.92 Å². The lowest BCUT2D eigenvalue weighted by Crippen LogP contribution is -2.58. The van der Waals surface area contributed by atoms with E-state index >= 15 is 0 Å². The van der Waals surface area contributed by atoms with Gasteiger partial charge in [0.25, 0.3) is 0 Å². The predicted octanol–water partition coefficient (Wildman–Crippen LogP) is 1.25. The van der Waals surface area contributed by atoms with Crippen LogP contribution in [0.15, 0.2) is 30.3 Å². The number of esters is 1. The zero-order valence-electron chi connectivity index (χ0n) is 20.6. The van der Waals surface area contributed by atoms with Crippen LogP contribution in [0.3, 0.4) is 0 Å². The van der Waals surface area contributed by atoms with Crippen molar-refractivity contribution in [2.75, 3.05) is 26.8 Å². The fraction of sp³-hybridized carbons (Fsp3) is 0.519. The number of ether oxygens (including phenoxy) is 3. The second-order valence-corrected chi connectivity index (χ2v) is 10.0. The molecule has 10 nitrogen and oxygen atoms in total. The number of rotatable bonds is 6. The minimum Gasteiger partial charge on any atom is -0.504 e. The first kappa shape index (κ1) is 25.7. The summed E-state index contributed by atoms with van der Waals surface area (Å²) in [6.45, 7) is 1.13. The van der Waals surface area contributed by atoms with Gasteiger partial charge in [0.15, 0.2) is 17.6 Å². The molecule has 10 heteroatoms. The van der Waals surface area contributed by atoms with Crippen LogP contribution in [-0.2, 0) is 22.4 Å². The third-order valence-corrected chi connectivity index (χ3v) is 7.80. The monoisotopic (exact) mass is 515 g/mol. The highest BCUT2D eigenvalue weighted by Crippen LogP contribution is 2.52. The summed E-state index contributed by atoms with van der Waals surface area (Å²) >= 11 is 0. The number of piperidine rings is 1. The third kappa shape index (κ3) is 4.64. The van der Waals surface area contributed by atoms with Crippen LogP contribution in [0, 0.1) is 5.92 Å². The van der Waals surface area contributed by atoms with E-state index in [1.165, 1.54) is 12.7 Å². The topological polar surface area (TPSA) is 149 Å². The molecule has 0 aliphatic carbocycles. The SMILES string of the molecule is COc1c(O)c(CN2CCC(Cc3ccccc3)CC2)c2c(c1O)C1O[C@@H](CO)[C@H](O)[C@@H](O)C1OC2=O. The van der Waals surface area contributed by atoms with Crippen molar-refractivity contribution in [1.82, 2.24) is 4.90 Å². The van der Waals surface area contributed by atoms with Crippen molar-refractivity contribution in [3.05, 3.63) is 52.6 Å². The molecule has 2 unspecified atom stereocenters. The normalized spacial score (nSPS) is 28.3. The summed E-state index contributed by atoms with van der Waals surface area (Å²) in [5.74, 6) is -1.41. The van der Waals surface area contributed by atoms with Crippen molar-refractivity contribution in [3.63, 3.8) is 0 Å². The van der Waals surface area contributed by atoms with Crippen molar-refractivity contribution in [2.45, 2.75) is 56.3 Å². The number of nitrogens with zero attached hydrogens (tertiary/aromatic N) is 1. The van der Waals surface area contributed by atoms with Gasteiger partial charge in [-0.1, -0.05) is 30.3 Å². The second kappa shape index (κ2) is 10.5. The number of carbonyl (C=O) groups excluding carboxylic acids is 1. The average Bonchev–Trinajstić information content (AvgIpc) is 2.90. The minimum atomic E-state index is -1.54. The van der Waals surface area contributed by atoms with Crippen LogP contribution in [-0.4, -0.2) is 87.6 Å². The molecule has 2 aromatic carbocycles. The number of methoxy groups -OCH3 is 1. The maximum atomic E-state index is 13.2. The Balaban J connectivity index is 1.43. The van der Waals surface area contributed by atoms with Gasteiger partial charge in [-0.2, -0.15) is 0 Å². The highest BCUT2D eigenvalue weighted by Gasteiger charge is 2.53. The Labute approximate surface area is 214 Å². The van der Waals surface area contributed by atoms with Gasteiger partial charge in [0.1, 0.15) is 24.4 Å². The van der Waals surface area contributed by atoms with Gasteiger partial charge in [0, 0.05) is 17.7 Å². The average molecular weight is 516 g/mol. The molecule has 37 heavy (non-hydrogen) atoms. The molecule has 3 heterocycles. The number of phenolic OH excluding ortho intramolecular Hbond substituents is 2. The number of hydrogen-bond donors (Lipinski definition) is 5. The highest BCUT2D eigenvalue weighted by atomic mass is 16.6. The summed E-state index contributed by atoms with van der Waals surface area (Å²) in [7, 11) is 1.29. The minimum absolute atomic E-state index is 0.00858. The molecule has 0 bridgehead atoms. The van der Waals surface area contributed by atoms with Gasteiger partial charge < -0.3 is 39.7 Å². The molecule has 0 radical (unpaired) electrons. The quantitative estimate of drug-likeness (QED) is 0.356. The number of carbonyl (C=O) groups is 1. The summed E-state index contributed by atoms with van der Waals surface area (Å²) in [5, 5.41) is 52.5. The van der Waals surface area contributed by atoms with Crippen LogP contribution < -0.4 is 4.74 Å². The number of benzene rings is 2. The lowest BCUT2D eigenvalue weighted by atomic mass is 9.83. The fourth-order valence-electron chi connectivity index (χ4n) is 5.79. The van der Waals surface area contributed by atoms with E-state index in [0.717, 1.165) is 32.4 Å². The van der Waals surface area contributed by atoms with Gasteiger partial charge in [-0.15, -0.1) is 0 Å². The predicted molar refractivity (Wildman–Crippen MR) is 130 cm³/mol. The maximum Gasteiger partial charge on any atom is 0.339 e. The number of aliphatic hydroxyl groups is 3. The highest BCUT2D eigenvalue weighted by molar-refractivity contribution is 5.97. The van der Waals surface area contributed by atoms with E-state index in [4.69, 9.17) is 14.2 Å². The van der Waals surface area contributed by atoms with Crippen LogP contribution >= 0.6 is 0 Å². The zero-order chi connectivity index (χ0) is 26.3. The molecule has 2 saturated heterocycles. The molecule has 3 aliphatic rings. The summed E-state index contributed by atoms with van der Waals surface area (Å²) in [6.07, 6.45) is -3.77. The van der Waals surface area contributed by atoms with Crippen molar-refractivity contribution < 1.29 is 44.5 Å². The molecule has 5 N–H and O–H groups in total. The van der Waals surface area contributed by atoms with E-state index in [-0.39, 0.29) is 34.7 Å². The Kier molecular flexibility index (Phi) is 7.28. The fourth-order valence-corrected chi connectivity index (χ4v) is 5.79. The van der Waals surface area contributed by atoms with Crippen molar-refractivity contribution in [3.8, 4) is 17.2 Å². The van der Waals surface area contributed by atoms with Crippen molar-refractivity contribution >= 4 is 5.97 Å². The van der Waals surface area contributed by atoms with Gasteiger partial charge in [-0.05, 0) is 43.8 Å². The molecule has 2 fully saturated rings. The van der Waals surface area contributed by atoms with Crippen LogP contribution in [0.1, 0.15) is 46.0 Å². The van der Waals surface area contributed by atoms with Gasteiger partial charge >= 0.3 is 5.97 Å². The van der Waals surface area contributed by atoms with Crippen LogP contribution in [0.5, 0.6) is 17.2 Å². The molecule has 0 aromatic heterocycles. The Hall–Kier alpha value is -2.89. The summed E-state index contributed by atoms with van der Waals surface area (Å²) in [6, 6.07) is 10.3. The van der Waals surface area contributed by atoms with E-state index in [2.05, 4.69) is 17.0 Å². The number of aliphatic hydroxyl groups excluding tert-OH is 3. The molecule has 0 amide bonds. The van der Waals surface area contributed by atoms with E-state index in [9.17, 15) is 30.3 Å². The molecule has 5 atom stereocenters. The molecule has 200 valence electrons. The molecular weight excluding hydrogens is 482 g/mol. The smallest absolute Gasteiger partial charge is 0.339 e. The molecule has 0 saturated carbocycles. The lowest BCUT2D eigenvalue weighted by Gasteiger charge is -2.45. The van der Waals surface area contributed by atoms with E-state index in [1.807, 2.05) is 18.2 Å². The number of aromatic hydroxyl groups is 2. The maximum absolute atomic E-state index is 13.2. The number of hydrogen-bond acceptors (Lipinski definition) is 10. The van der Waals surface area contributed by atoms with Crippen molar-refractivity contribution in [1.29, 1.82) is 0 Å². The number of fused-ring (bicyclic) bond motifs is 3. The molecule has 2 aromatic rings. The molecule has 0 spiro atoms. The third-order valence-electron chi connectivity index (χ3n) is 7.80. The number of likely N-dealkylation sites (tertiary alicyclic amines) is 1. The van der Waals surface area contributed by atoms with Crippen LogP contribution in [0.2, 0.25) is 0 Å². The first-order chi connectivity index (χ1) is 17.8. The van der Waals surface area contributed by atoms with Gasteiger partial charge in [0.05, 0.1) is 19.3 Å². The van der Waals surface area contributed by atoms with E-state index in [1.54, 1.807) is 0 Å². The van der Waals surface area contributed by atoms with Crippen molar-refractivity contribution in [2.24, 2.45) is 5.92 Å². The van der Waals surface area contributed by atoms with Gasteiger partial charge in [0.2, 0.25) is 5.75 Å². The number of phenols is 2. The largest absolute Gasteiger partial charge is 0.504 e. The molecule has 5 rings (SSSR count). The molecular formula is C27H33NO9. The summed E-state index contributed by atoms with van der Waals surface area (Å²) < 4.78 is 16.5. The van der Waals surface area contributed by atoms with E-state index < -0.39 is 48.8 Å². The Morgan fingerprint density at radius 3 is 2.41 bits per heavy atom. The van der Waals surface area contributed by atoms with Gasteiger partial charge in [-0.3, -0.25) is 4.90 Å². The standard InChI is InChI=1S/C27H33NO9/c1-35-25-20(30)16(12-28-9-7-15(8-10-28)11-14-5-3-2-4-6-14)18-19(22(25)32)24-26(37-27(18)34)23(33)21(31)17(13-29)36-24/h2-6,15,17,21,23-24,26,29-33H,7-13H2,1H3/t17-,21-,23+,24?,26?/m0/s1. The Morgan fingerprint density at radius 1 is 1.05 bits per heavy atom. The van der Waals surface area contributed by atoms with Gasteiger partial charge in [-0.25, -0.2) is 4.79 Å². The van der Waals surface area contributed by atoms with Crippen LogP contribution in [0.4, 0.5) is 0 Å². The first-order valence-electron chi connectivity index (χ1n) is 12.6. The first-order valence-corrected chi connectivity index (χ1v) is 12.6. The zero-order valence-corrected chi connectivity index (χ0v) is 20.6. The Morgan fingerprint density at radius 2 is 1.76 bits per heavy atom. The summed E-state index contributed by atoms with van der Waals surface area (Å²) in [4.78, 5) is 15.3. The molecule has 3 aliphatic heterocycles. The lowest BCUT2D eigenvalue weighted by molar-refractivity contribution is -0.235. The summed E-state index contributed by atoms with van der Waals surface area (Å²) in [5.41, 5.74) is 1.49. The second-order valence-electron chi connectivity index (χ2n) is 10.0.